The van der Waals surface area contributed by atoms with E-state index in [1.807, 2.05) is 115 Å². The van der Waals surface area contributed by atoms with Gasteiger partial charge in [-0.3, -0.25) is 4.79 Å². The lowest BCUT2D eigenvalue weighted by Gasteiger charge is -2.30. The van der Waals surface area contributed by atoms with Crippen LogP contribution in [-0.2, 0) is 16.0 Å². The van der Waals surface area contributed by atoms with Gasteiger partial charge >= 0.3 is 0 Å². The molecule has 4 aromatic carbocycles. The molecule has 0 saturated heterocycles. The van der Waals surface area contributed by atoms with Gasteiger partial charge in [-0.1, -0.05) is 94.3 Å². The van der Waals surface area contributed by atoms with Crippen molar-refractivity contribution < 1.29 is 19.4 Å². The van der Waals surface area contributed by atoms with Crippen LogP contribution in [-0.4, -0.2) is 42.2 Å². The number of carbonyl (C=O) groups excluding carboxylic acids is 1. The fraction of sp³-hybridized carbons (Fsp3) is 0.222. The van der Waals surface area contributed by atoms with Gasteiger partial charge in [0, 0.05) is 41.1 Å². The van der Waals surface area contributed by atoms with Crippen LogP contribution in [0.5, 0.6) is 5.75 Å². The molecule has 0 aliphatic carbocycles. The van der Waals surface area contributed by atoms with Gasteiger partial charge < -0.3 is 19.9 Å². The molecule has 4 aromatic rings. The number of benzene rings is 4. The molecule has 0 saturated carbocycles. The van der Waals surface area contributed by atoms with Crippen LogP contribution in [0, 0.1) is 0 Å². The number of rotatable bonds is 13. The van der Waals surface area contributed by atoms with E-state index in [0.717, 1.165) is 26.7 Å². The predicted molar refractivity (Wildman–Crippen MR) is 179 cm³/mol. The topological polar surface area (TPSA) is 80.2 Å². The molecular weight excluding hydrogens is 640 g/mol. The van der Waals surface area contributed by atoms with E-state index in [2.05, 4.69) is 21.2 Å². The van der Waals surface area contributed by atoms with Gasteiger partial charge in [0.05, 0.1) is 6.61 Å². The molecule has 8 heteroatoms. The molecule has 6 nitrogen and oxygen atoms in total. The number of carbonyl (C=O) groups is 1. The van der Waals surface area contributed by atoms with Crippen molar-refractivity contribution in [3.63, 3.8) is 0 Å². The molecule has 0 aromatic heterocycles. The Balaban J connectivity index is 1.48. The Morgan fingerprint density at radius 2 is 1.80 bits per heavy atom. The van der Waals surface area contributed by atoms with Crippen LogP contribution >= 0.6 is 27.5 Å². The number of amides is 1. The molecule has 226 valence electrons. The summed E-state index contributed by atoms with van der Waals surface area (Å²) in [6, 6.07) is 32.8. The van der Waals surface area contributed by atoms with Crippen molar-refractivity contribution in [2.75, 3.05) is 19.8 Å². The number of nitrogens with one attached hydrogen (secondary N) is 1. The van der Waals surface area contributed by atoms with E-state index >= 15 is 0 Å². The van der Waals surface area contributed by atoms with Gasteiger partial charge in [0.25, 0.3) is 5.91 Å². The van der Waals surface area contributed by atoms with Crippen molar-refractivity contribution in [1.29, 1.82) is 0 Å². The van der Waals surface area contributed by atoms with Crippen molar-refractivity contribution >= 4 is 45.4 Å². The number of nitrogens with zero attached hydrogens (tertiary/aromatic N) is 1. The van der Waals surface area contributed by atoms with Crippen LogP contribution in [0.4, 0.5) is 0 Å². The number of aliphatic hydroxyl groups is 1. The maximum Gasteiger partial charge on any atom is 0.252 e. The minimum absolute atomic E-state index is 0.0716. The first-order valence-electron chi connectivity index (χ1n) is 14.6. The highest BCUT2D eigenvalue weighted by atomic mass is 79.9. The maximum atomic E-state index is 14.3. The molecule has 2 N–H and O–H groups in total. The predicted octanol–water partition coefficient (Wildman–Crippen LogP) is 7.58. The Labute approximate surface area is 271 Å². The smallest absolute Gasteiger partial charge is 0.252 e. The lowest BCUT2D eigenvalue weighted by atomic mass is 9.84. The summed E-state index contributed by atoms with van der Waals surface area (Å²) in [5.74, 6) is 0.850. The second-order valence-corrected chi connectivity index (χ2v) is 11.8. The van der Waals surface area contributed by atoms with E-state index in [4.69, 9.17) is 31.2 Å². The van der Waals surface area contributed by atoms with Gasteiger partial charge in [-0.25, -0.2) is 4.99 Å². The summed E-state index contributed by atoms with van der Waals surface area (Å²) >= 11 is 9.71. The minimum atomic E-state index is -1.26. The van der Waals surface area contributed by atoms with E-state index in [-0.39, 0.29) is 12.5 Å². The second-order valence-electron chi connectivity index (χ2n) is 10.5. The van der Waals surface area contributed by atoms with Crippen molar-refractivity contribution in [3.8, 4) is 5.75 Å². The van der Waals surface area contributed by atoms with Crippen LogP contribution in [0.2, 0.25) is 5.02 Å². The Kier molecular flexibility index (Phi) is 10.9. The zero-order valence-corrected chi connectivity index (χ0v) is 26.5. The molecule has 1 heterocycles. The number of ether oxygens (including phenoxy) is 2. The number of halogens is 2. The van der Waals surface area contributed by atoms with Crippen molar-refractivity contribution in [2.45, 2.75) is 30.9 Å². The van der Waals surface area contributed by atoms with Crippen molar-refractivity contribution in [1.82, 2.24) is 5.32 Å². The lowest BCUT2D eigenvalue weighted by molar-refractivity contribution is -0.128. The molecule has 44 heavy (non-hydrogen) atoms. The molecule has 0 unspecified atom stereocenters. The maximum absolute atomic E-state index is 14.3. The van der Waals surface area contributed by atoms with E-state index in [1.165, 1.54) is 0 Å². The number of aliphatic hydroxyl groups excluding tert-OH is 1. The molecule has 1 aliphatic heterocycles. The minimum Gasteiger partial charge on any atom is -0.494 e. The highest BCUT2D eigenvalue weighted by Crippen LogP contribution is 2.43. The molecule has 0 fully saturated rings. The summed E-state index contributed by atoms with van der Waals surface area (Å²) < 4.78 is 13.2. The van der Waals surface area contributed by atoms with Crippen LogP contribution in [0.1, 0.15) is 41.2 Å². The van der Waals surface area contributed by atoms with Gasteiger partial charge in [-0.15, -0.1) is 0 Å². The summed E-state index contributed by atoms with van der Waals surface area (Å²) in [6.07, 6.45) is 4.82. The zero-order valence-electron chi connectivity index (χ0n) is 24.2. The summed E-state index contributed by atoms with van der Waals surface area (Å²) in [4.78, 5) is 19.4. The first-order valence-corrected chi connectivity index (χ1v) is 15.7. The van der Waals surface area contributed by atoms with Gasteiger partial charge in [-0.05, 0) is 71.6 Å². The number of hydrogen-bond donors (Lipinski definition) is 2. The molecule has 0 radical (unpaired) electrons. The van der Waals surface area contributed by atoms with Gasteiger partial charge in [0.1, 0.15) is 5.75 Å². The molecule has 1 amide bonds. The van der Waals surface area contributed by atoms with Crippen LogP contribution < -0.4 is 10.1 Å². The SMILES string of the molecule is O=C(NCCc1cccc(Cl)c1)[C@]1(C/C=C/c2ccccc2)N=C(c2ccc(OCCCO)cc2)O[C@@H]1c1ccc(Br)cc1. The molecule has 5 rings (SSSR count). The monoisotopic (exact) mass is 672 g/mol. The number of aliphatic imine (C=N–C) groups is 1. The fourth-order valence-electron chi connectivity index (χ4n) is 5.06. The first kappa shape index (κ1) is 31.5. The summed E-state index contributed by atoms with van der Waals surface area (Å²) in [5, 5.41) is 12.9. The second kappa shape index (κ2) is 15.2. The lowest BCUT2D eigenvalue weighted by Crippen LogP contribution is -2.48. The fourth-order valence-corrected chi connectivity index (χ4v) is 5.53. The van der Waals surface area contributed by atoms with E-state index in [0.29, 0.717) is 49.1 Å². The summed E-state index contributed by atoms with van der Waals surface area (Å²) in [6.45, 7) is 0.911. The Morgan fingerprint density at radius 3 is 2.52 bits per heavy atom. The average Bonchev–Trinajstić information content (AvgIpc) is 3.43. The Morgan fingerprint density at radius 1 is 1.02 bits per heavy atom. The third-order valence-electron chi connectivity index (χ3n) is 7.33. The highest BCUT2D eigenvalue weighted by molar-refractivity contribution is 9.10. The van der Waals surface area contributed by atoms with E-state index < -0.39 is 11.6 Å². The molecule has 2 atom stereocenters. The normalized spacial score (nSPS) is 17.7. The van der Waals surface area contributed by atoms with Crippen LogP contribution in [0.15, 0.2) is 119 Å². The molecule has 1 aliphatic rings. The quantitative estimate of drug-likeness (QED) is 0.144. The van der Waals surface area contributed by atoms with Gasteiger partial charge in [-0.2, -0.15) is 0 Å². The average molecular weight is 674 g/mol. The van der Waals surface area contributed by atoms with Gasteiger partial charge in [0.15, 0.2) is 11.6 Å². The van der Waals surface area contributed by atoms with E-state index in [9.17, 15) is 4.79 Å². The standard InChI is InChI=1S/C36H34BrClN2O4/c37-30-16-12-28(13-17-30)33-36(21-5-10-26-7-2-1-3-8-26,35(42)39-22-20-27-9-4-11-31(38)25-27)40-34(44-33)29-14-18-32(19-15-29)43-24-6-23-41/h1-5,7-19,25,33,41H,6,20-24H2,(H,39,42)/b10-5+/t33-,36-/m1/s1. The van der Waals surface area contributed by atoms with Crippen LogP contribution in [0.3, 0.4) is 0 Å². The molecule has 0 bridgehead atoms. The Bertz CT molecular complexity index is 1590. The third kappa shape index (κ3) is 7.97. The Hall–Kier alpha value is -3.91. The largest absolute Gasteiger partial charge is 0.494 e. The summed E-state index contributed by atoms with van der Waals surface area (Å²) in [5.41, 5.74) is 2.38. The van der Waals surface area contributed by atoms with Crippen molar-refractivity contribution in [3.05, 3.63) is 141 Å². The number of hydrogen-bond acceptors (Lipinski definition) is 5. The molecular formula is C36H34BrClN2O4. The zero-order chi connectivity index (χ0) is 30.8. The highest BCUT2D eigenvalue weighted by Gasteiger charge is 2.52. The summed E-state index contributed by atoms with van der Waals surface area (Å²) in [7, 11) is 0. The third-order valence-corrected chi connectivity index (χ3v) is 8.09. The first-order chi connectivity index (χ1) is 21.5. The molecule has 0 spiro atoms. The van der Waals surface area contributed by atoms with Crippen molar-refractivity contribution in [2.24, 2.45) is 4.99 Å². The van der Waals surface area contributed by atoms with Gasteiger partial charge in [0.2, 0.25) is 5.90 Å². The van der Waals surface area contributed by atoms with E-state index in [1.54, 1.807) is 0 Å². The van der Waals surface area contributed by atoms with Crippen LogP contribution in [0.25, 0.3) is 6.08 Å².